The van der Waals surface area contributed by atoms with Crippen molar-refractivity contribution in [1.29, 1.82) is 0 Å². The number of likely N-dealkylation sites (N-methyl/N-ethyl adjacent to an activating group) is 1. The molecule has 0 aliphatic carbocycles. The summed E-state index contributed by atoms with van der Waals surface area (Å²) in [6.07, 6.45) is 0. The molecule has 5 heteroatoms. The largest absolute Gasteiger partial charge is 0.496 e. The first kappa shape index (κ1) is 18.3. The first-order valence-corrected chi connectivity index (χ1v) is 8.80. The monoisotopic (exact) mass is 354 g/mol. The molecule has 0 spiro atoms. The fourth-order valence-corrected chi connectivity index (χ4v) is 3.35. The third-order valence-electron chi connectivity index (χ3n) is 4.60. The van der Waals surface area contributed by atoms with Gasteiger partial charge in [0.15, 0.2) is 0 Å². The predicted octanol–water partition coefficient (Wildman–Crippen LogP) is 2.97. The maximum absolute atomic E-state index is 13.4. The normalized spacial score (nSPS) is 16.7. The molecule has 1 unspecified atom stereocenters. The van der Waals surface area contributed by atoms with Gasteiger partial charge in [-0.25, -0.2) is 0 Å². The Morgan fingerprint density at radius 1 is 1.27 bits per heavy atom. The van der Waals surface area contributed by atoms with Gasteiger partial charge in [-0.2, -0.15) is 0 Å². The van der Waals surface area contributed by atoms with E-state index in [2.05, 4.69) is 17.9 Å². The minimum absolute atomic E-state index is 0.0349. The second-order valence-electron chi connectivity index (χ2n) is 6.97. The van der Waals surface area contributed by atoms with Gasteiger partial charge in [0.1, 0.15) is 18.1 Å². The summed E-state index contributed by atoms with van der Waals surface area (Å²) < 4.78 is 11.4. The van der Waals surface area contributed by atoms with Crippen LogP contribution in [-0.2, 0) is 6.54 Å². The lowest BCUT2D eigenvalue weighted by atomic mass is 10.1. The molecular formula is C21H26N2O3. The highest BCUT2D eigenvalue weighted by molar-refractivity contribution is 5.97. The lowest BCUT2D eigenvalue weighted by molar-refractivity contribution is 0.0580. The van der Waals surface area contributed by atoms with E-state index in [-0.39, 0.29) is 11.9 Å². The molecule has 0 saturated carbocycles. The minimum atomic E-state index is -0.0462. The number of amides is 1. The number of benzene rings is 2. The molecular weight excluding hydrogens is 328 g/mol. The van der Waals surface area contributed by atoms with E-state index in [9.17, 15) is 4.79 Å². The molecule has 0 radical (unpaired) electrons. The topological polar surface area (TPSA) is 42.0 Å². The molecule has 5 nitrogen and oxygen atoms in total. The van der Waals surface area contributed by atoms with Crippen LogP contribution in [0.25, 0.3) is 0 Å². The summed E-state index contributed by atoms with van der Waals surface area (Å²) >= 11 is 0. The molecule has 1 amide bonds. The Hall–Kier alpha value is -2.53. The number of para-hydroxylation sites is 1. The van der Waals surface area contributed by atoms with Crippen LogP contribution in [0.2, 0.25) is 0 Å². The Kier molecular flexibility index (Phi) is 5.47. The zero-order valence-corrected chi connectivity index (χ0v) is 15.9. The van der Waals surface area contributed by atoms with Gasteiger partial charge in [0.05, 0.1) is 25.3 Å². The first-order valence-electron chi connectivity index (χ1n) is 8.80. The van der Waals surface area contributed by atoms with Gasteiger partial charge in [0.2, 0.25) is 0 Å². The molecule has 26 heavy (non-hydrogen) atoms. The molecule has 0 saturated heterocycles. The molecule has 1 heterocycles. The van der Waals surface area contributed by atoms with Gasteiger partial charge in [-0.05, 0) is 39.2 Å². The Morgan fingerprint density at radius 3 is 2.77 bits per heavy atom. The molecule has 2 aromatic carbocycles. The summed E-state index contributed by atoms with van der Waals surface area (Å²) in [5, 5.41) is 0. The van der Waals surface area contributed by atoms with E-state index >= 15 is 0 Å². The van der Waals surface area contributed by atoms with Gasteiger partial charge in [-0.15, -0.1) is 0 Å². The zero-order valence-electron chi connectivity index (χ0n) is 15.9. The molecule has 0 aromatic heterocycles. The number of nitrogens with zero attached hydrogens (tertiary/aromatic N) is 2. The fraction of sp³-hybridized carbons (Fsp3) is 0.381. The first-order chi connectivity index (χ1) is 12.5. The van der Waals surface area contributed by atoms with Crippen LogP contribution in [0.1, 0.15) is 21.5 Å². The second-order valence-corrected chi connectivity index (χ2v) is 6.97. The van der Waals surface area contributed by atoms with Crippen molar-refractivity contribution < 1.29 is 14.3 Å². The number of hydrogen-bond acceptors (Lipinski definition) is 4. The van der Waals surface area contributed by atoms with Crippen LogP contribution in [0.5, 0.6) is 11.5 Å². The fourth-order valence-electron chi connectivity index (χ4n) is 3.35. The highest BCUT2D eigenvalue weighted by Crippen LogP contribution is 2.29. The molecule has 1 atom stereocenters. The van der Waals surface area contributed by atoms with Crippen molar-refractivity contribution in [3.8, 4) is 11.5 Å². The quantitative estimate of drug-likeness (QED) is 0.847. The van der Waals surface area contributed by atoms with Crippen molar-refractivity contribution in [2.75, 3.05) is 34.4 Å². The van der Waals surface area contributed by atoms with Crippen LogP contribution in [0.3, 0.4) is 0 Å². The van der Waals surface area contributed by atoms with E-state index in [4.69, 9.17) is 9.47 Å². The summed E-state index contributed by atoms with van der Waals surface area (Å²) in [5.41, 5.74) is 2.77. The molecule has 0 fully saturated rings. The number of rotatable bonds is 4. The molecule has 0 N–H and O–H groups in total. The van der Waals surface area contributed by atoms with Gasteiger partial charge in [-0.3, -0.25) is 4.79 Å². The average Bonchev–Trinajstić information content (AvgIpc) is 2.80. The number of aryl methyl sites for hydroxylation is 1. The summed E-state index contributed by atoms with van der Waals surface area (Å²) in [4.78, 5) is 17.4. The van der Waals surface area contributed by atoms with Crippen molar-refractivity contribution in [2.45, 2.75) is 19.5 Å². The number of ether oxygens (including phenoxy) is 2. The van der Waals surface area contributed by atoms with Gasteiger partial charge in [0, 0.05) is 12.1 Å². The average molecular weight is 354 g/mol. The van der Waals surface area contributed by atoms with E-state index in [0.717, 1.165) is 23.4 Å². The standard InChI is InChI=1S/C21H26N2O3/c1-15-9-10-19-16(11-15)12-23(17(14-26-19)13-22(2)3)21(24)18-7-5-6-8-20(18)25-4/h5-11,17H,12-14H2,1-4H3. The summed E-state index contributed by atoms with van der Waals surface area (Å²) in [7, 11) is 5.61. The van der Waals surface area contributed by atoms with E-state index in [1.807, 2.05) is 55.4 Å². The van der Waals surface area contributed by atoms with Crippen molar-refractivity contribution in [1.82, 2.24) is 9.80 Å². The van der Waals surface area contributed by atoms with Gasteiger partial charge in [0.25, 0.3) is 5.91 Å². The van der Waals surface area contributed by atoms with Crippen LogP contribution in [0, 0.1) is 6.92 Å². The van der Waals surface area contributed by atoms with Crippen molar-refractivity contribution >= 4 is 5.91 Å². The number of fused-ring (bicyclic) bond motifs is 1. The second kappa shape index (κ2) is 7.79. The SMILES string of the molecule is COc1ccccc1C(=O)N1Cc2cc(C)ccc2OCC1CN(C)C. The van der Waals surface area contributed by atoms with Crippen molar-refractivity contribution in [3.05, 3.63) is 59.2 Å². The van der Waals surface area contributed by atoms with Gasteiger partial charge < -0.3 is 19.3 Å². The number of hydrogen-bond donors (Lipinski definition) is 0. The van der Waals surface area contributed by atoms with Crippen LogP contribution >= 0.6 is 0 Å². The number of methoxy groups -OCH3 is 1. The molecule has 1 aliphatic rings. The van der Waals surface area contributed by atoms with E-state index < -0.39 is 0 Å². The van der Waals surface area contributed by atoms with Gasteiger partial charge in [-0.1, -0.05) is 29.8 Å². The molecule has 0 bridgehead atoms. The highest BCUT2D eigenvalue weighted by atomic mass is 16.5. The van der Waals surface area contributed by atoms with Crippen molar-refractivity contribution in [3.63, 3.8) is 0 Å². The molecule has 2 aromatic rings. The van der Waals surface area contributed by atoms with Gasteiger partial charge >= 0.3 is 0 Å². The summed E-state index contributed by atoms with van der Waals surface area (Å²) in [6.45, 7) is 3.77. The predicted molar refractivity (Wildman–Crippen MR) is 102 cm³/mol. The third kappa shape index (κ3) is 3.83. The Balaban J connectivity index is 1.99. The minimum Gasteiger partial charge on any atom is -0.496 e. The number of carbonyl (C=O) groups excluding carboxylic acids is 1. The molecule has 138 valence electrons. The maximum Gasteiger partial charge on any atom is 0.258 e. The summed E-state index contributed by atoms with van der Waals surface area (Å²) in [6, 6.07) is 13.5. The smallest absolute Gasteiger partial charge is 0.258 e. The highest BCUT2D eigenvalue weighted by Gasteiger charge is 2.31. The van der Waals surface area contributed by atoms with Crippen LogP contribution < -0.4 is 9.47 Å². The number of carbonyl (C=O) groups is 1. The Morgan fingerprint density at radius 2 is 2.04 bits per heavy atom. The van der Waals surface area contributed by atoms with Crippen LogP contribution in [0.15, 0.2) is 42.5 Å². The lowest BCUT2D eigenvalue weighted by Gasteiger charge is -2.31. The molecule has 3 rings (SSSR count). The lowest BCUT2D eigenvalue weighted by Crippen LogP contribution is -2.47. The Bertz CT molecular complexity index is 789. The van der Waals surface area contributed by atoms with E-state index in [1.54, 1.807) is 7.11 Å². The van der Waals surface area contributed by atoms with E-state index in [1.165, 1.54) is 0 Å². The van der Waals surface area contributed by atoms with E-state index in [0.29, 0.717) is 24.5 Å². The molecule has 1 aliphatic heterocycles. The van der Waals surface area contributed by atoms with Crippen molar-refractivity contribution in [2.24, 2.45) is 0 Å². The Labute approximate surface area is 155 Å². The third-order valence-corrected chi connectivity index (χ3v) is 4.60. The maximum atomic E-state index is 13.4. The van der Waals surface area contributed by atoms with Crippen LogP contribution in [-0.4, -0.2) is 56.1 Å². The zero-order chi connectivity index (χ0) is 18.7. The summed E-state index contributed by atoms with van der Waals surface area (Å²) in [5.74, 6) is 1.41. The van der Waals surface area contributed by atoms with Crippen LogP contribution in [0.4, 0.5) is 0 Å².